The Morgan fingerprint density at radius 3 is 0.957 bits per heavy atom. The molecular weight excluding hydrogens is 1610 g/mol. The van der Waals surface area contributed by atoms with Crippen molar-refractivity contribution in [2.75, 3.05) is 0 Å². The van der Waals surface area contributed by atoms with Gasteiger partial charge in [-0.1, -0.05) is 161 Å². The molecule has 0 saturated carbocycles. The van der Waals surface area contributed by atoms with Crippen LogP contribution in [0.3, 0.4) is 0 Å². The van der Waals surface area contributed by atoms with Crippen LogP contribution < -0.4 is 0 Å². The standard InChI is InChI=1S/C9H12.C8H7F3.C8H8F2.C8H10.C7H7Cl.3C7H6F3N.3C7H7F2N.C6H6ClN/c1-3-9-6-4-5-8(2)7-9;1-6-3-2-4-7(5-6)8(9,10)11;1-6-3-2-4-7(5-6)8(9)10;1-7-4-3-5-8(2)6-7;1-6-3-2-4-7(8)5-6;1-5-2-6(4-11-3-5)7(8,9)10;1-5-4-6(2-3-11-5)7(8,9)10;1-5-2-3-11-6(4-5)7(8,9)10;1-5-2-6(7(8)9)4-10-3-5;1-5-4-6(7(8)9)2-3-10-5;1-5-2-3-10-6(4-5)7(8)9;1-5-2-6(7)4-8-3-5/h4-7H,3H2,1-2H3;2-5H,1H3;2-5,8H,1H3;3-6H,1-2H3;2-5H,1H3;3*2-4H,1H3;3*2-4,7H,1H3;2-4H,1H3. The van der Waals surface area contributed by atoms with E-state index in [4.69, 9.17) is 23.2 Å². The maximum Gasteiger partial charge on any atom is 0.433 e. The third kappa shape index (κ3) is 49.1. The zero-order valence-electron chi connectivity index (χ0n) is 66.1. The minimum atomic E-state index is -4.33. The van der Waals surface area contributed by atoms with Gasteiger partial charge in [-0.05, 0) is 220 Å². The van der Waals surface area contributed by atoms with E-state index in [1.54, 1.807) is 91.3 Å². The number of hydrogen-bond donors (Lipinski definition) is 0. The Hall–Kier alpha value is -10.7. The van der Waals surface area contributed by atoms with Crippen LogP contribution in [0.15, 0.2) is 250 Å². The molecule has 0 fully saturated rings. The molecule has 0 radical (unpaired) electrons. The molecule has 0 amide bonds. The van der Waals surface area contributed by atoms with E-state index in [-0.39, 0.29) is 22.4 Å². The summed E-state index contributed by atoms with van der Waals surface area (Å²) in [7, 11) is 0. The highest BCUT2D eigenvalue weighted by atomic mass is 35.5. The molecule has 12 aromatic rings. The molecule has 0 unspecified atom stereocenters. The number of aryl methyl sites for hydroxylation is 14. The van der Waals surface area contributed by atoms with Crippen molar-refractivity contribution in [1.82, 2.24) is 34.9 Å². The first-order valence-corrected chi connectivity index (χ1v) is 35.7. The summed E-state index contributed by atoms with van der Waals surface area (Å²) >= 11 is 11.2. The Labute approximate surface area is 679 Å². The van der Waals surface area contributed by atoms with E-state index in [1.807, 2.05) is 44.2 Å². The molecule has 0 aliphatic rings. The average Bonchev–Trinajstić information content (AvgIpc) is 0.843. The van der Waals surface area contributed by atoms with Gasteiger partial charge >= 0.3 is 24.7 Å². The summed E-state index contributed by atoms with van der Waals surface area (Å²) in [5, 5.41) is 1.51. The first-order valence-electron chi connectivity index (χ1n) is 35.0. The van der Waals surface area contributed by atoms with E-state index in [9.17, 15) is 87.8 Å². The first kappa shape index (κ1) is 104. The second kappa shape index (κ2) is 53.5. The van der Waals surface area contributed by atoms with E-state index in [0.717, 1.165) is 88.7 Å². The lowest BCUT2D eigenvalue weighted by Gasteiger charge is -2.05. The summed E-state index contributed by atoms with van der Waals surface area (Å²) < 4.78 is 239. The smallest absolute Gasteiger partial charge is 0.264 e. The first-order chi connectivity index (χ1) is 54.5. The predicted molar refractivity (Wildman–Crippen MR) is 423 cm³/mol. The number of alkyl halides is 20. The molecule has 0 spiro atoms. The molecule has 29 heteroatoms. The second-order valence-corrected chi connectivity index (χ2v) is 26.3. The fourth-order valence-electron chi connectivity index (χ4n) is 8.69. The van der Waals surface area contributed by atoms with Crippen LogP contribution in [0.4, 0.5) is 87.8 Å². The van der Waals surface area contributed by atoms with Crippen molar-refractivity contribution in [3.05, 3.63) is 383 Å². The van der Waals surface area contributed by atoms with Crippen LogP contribution >= 0.6 is 23.2 Å². The molecular formula is C88H89Cl2F20N7. The predicted octanol–water partition coefficient (Wildman–Crippen LogP) is 29.7. The van der Waals surface area contributed by atoms with Crippen molar-refractivity contribution in [3.8, 4) is 0 Å². The third-order valence-electron chi connectivity index (χ3n) is 14.2. The van der Waals surface area contributed by atoms with Gasteiger partial charge in [-0.3, -0.25) is 34.9 Å². The summed E-state index contributed by atoms with van der Waals surface area (Å²) in [5.74, 6) is 0. The summed E-state index contributed by atoms with van der Waals surface area (Å²) in [4.78, 5) is 25.0. The van der Waals surface area contributed by atoms with Crippen molar-refractivity contribution in [2.24, 2.45) is 0 Å². The molecule has 117 heavy (non-hydrogen) atoms. The molecule has 0 saturated heterocycles. The van der Waals surface area contributed by atoms with Crippen LogP contribution in [-0.4, -0.2) is 34.9 Å². The van der Waals surface area contributed by atoms with Crippen molar-refractivity contribution in [3.63, 3.8) is 0 Å². The van der Waals surface area contributed by atoms with Gasteiger partial charge < -0.3 is 0 Å². The van der Waals surface area contributed by atoms with Crippen LogP contribution in [0.25, 0.3) is 0 Å². The number of benzene rings is 5. The molecule has 0 atom stereocenters. The number of hydrogen-bond acceptors (Lipinski definition) is 7. The number of pyridine rings is 7. The van der Waals surface area contributed by atoms with Gasteiger partial charge in [-0.25, -0.2) is 35.1 Å². The second-order valence-electron chi connectivity index (χ2n) is 25.4. The lowest BCUT2D eigenvalue weighted by Crippen LogP contribution is -2.07. The maximum atomic E-state index is 12.0. The van der Waals surface area contributed by atoms with Gasteiger partial charge in [0.15, 0.2) is 0 Å². The fraction of sp³-hybridized carbons (Fsp3) is 0.261. The van der Waals surface area contributed by atoms with Crippen LogP contribution in [-0.2, 0) is 31.1 Å². The maximum absolute atomic E-state index is 12.0. The molecule has 0 bridgehead atoms. The highest BCUT2D eigenvalue weighted by molar-refractivity contribution is 6.30. The van der Waals surface area contributed by atoms with E-state index in [0.29, 0.717) is 33.1 Å². The molecule has 0 aliphatic heterocycles. The number of aromatic nitrogens is 7. The molecule has 7 aromatic heterocycles. The Bertz CT molecular complexity index is 4210. The summed E-state index contributed by atoms with van der Waals surface area (Å²) in [6.45, 7) is 25.8. The van der Waals surface area contributed by atoms with Crippen LogP contribution in [0.2, 0.25) is 10.0 Å². The van der Waals surface area contributed by atoms with E-state index in [2.05, 4.69) is 111 Å². The van der Waals surface area contributed by atoms with Crippen molar-refractivity contribution in [1.29, 1.82) is 0 Å². The summed E-state index contributed by atoms with van der Waals surface area (Å²) in [6.07, 6.45) is -12.2. The zero-order valence-corrected chi connectivity index (χ0v) is 67.6. The fourth-order valence-corrected chi connectivity index (χ4v) is 9.17. The van der Waals surface area contributed by atoms with Gasteiger partial charge in [0, 0.05) is 95.1 Å². The topological polar surface area (TPSA) is 90.2 Å². The van der Waals surface area contributed by atoms with Crippen LogP contribution in [0, 0.1) is 90.0 Å². The minimum absolute atomic E-state index is 0.0139. The van der Waals surface area contributed by atoms with E-state index >= 15 is 0 Å². The molecule has 7 heterocycles. The van der Waals surface area contributed by atoms with E-state index < -0.39 is 72.8 Å². The lowest BCUT2D eigenvalue weighted by atomic mass is 10.1. The molecule has 7 nitrogen and oxygen atoms in total. The molecule has 630 valence electrons. The van der Waals surface area contributed by atoms with Gasteiger partial charge in [0.05, 0.1) is 21.7 Å². The normalized spacial score (nSPS) is 10.6. The Kier molecular flexibility index (Phi) is 47.7. The van der Waals surface area contributed by atoms with Gasteiger partial charge in [0.2, 0.25) is 0 Å². The SMILES string of the molecule is CCc1cccc(C)c1.Cc1cc(C(F)(F)F)ccn1.Cc1cc(C(F)F)ccn1.Cc1cccc(C(F)(F)F)c1.Cc1cccc(C(F)F)c1.Cc1cccc(C)c1.Cc1cccc(Cl)c1.Cc1ccnc(C(F)(F)F)c1.Cc1ccnc(C(F)F)c1.Cc1cncc(C(F)(F)F)c1.Cc1cncc(C(F)F)c1.Cc1cncc(Cl)c1. The quantitative estimate of drug-likeness (QED) is 0.159. The van der Waals surface area contributed by atoms with Crippen molar-refractivity contribution >= 4 is 23.2 Å². The van der Waals surface area contributed by atoms with Gasteiger partial charge in [0.1, 0.15) is 11.4 Å². The van der Waals surface area contributed by atoms with E-state index in [1.165, 1.54) is 108 Å². The molecule has 0 aliphatic carbocycles. The summed E-state index contributed by atoms with van der Waals surface area (Å²) in [6, 6.07) is 51.0. The zero-order chi connectivity index (χ0) is 88.8. The third-order valence-corrected chi connectivity index (χ3v) is 14.7. The van der Waals surface area contributed by atoms with Crippen LogP contribution in [0.5, 0.6) is 0 Å². The Morgan fingerprint density at radius 2 is 0.650 bits per heavy atom. The lowest BCUT2D eigenvalue weighted by molar-refractivity contribution is -0.141. The number of halogens is 22. The number of nitrogens with zero attached hydrogens (tertiary/aromatic N) is 7. The van der Waals surface area contributed by atoms with Gasteiger partial charge in [0.25, 0.3) is 25.7 Å². The van der Waals surface area contributed by atoms with Crippen LogP contribution in [0.1, 0.15) is 156 Å². The largest absolute Gasteiger partial charge is 0.433 e. The van der Waals surface area contributed by atoms with Crippen molar-refractivity contribution < 1.29 is 87.8 Å². The Morgan fingerprint density at radius 1 is 0.274 bits per heavy atom. The minimum Gasteiger partial charge on any atom is -0.264 e. The highest BCUT2D eigenvalue weighted by Crippen LogP contribution is 2.32. The monoisotopic (exact) mass is 1690 g/mol. The highest BCUT2D eigenvalue weighted by Gasteiger charge is 2.33. The molecule has 12 rings (SSSR count). The molecule has 5 aromatic carbocycles. The average molecular weight is 1700 g/mol. The van der Waals surface area contributed by atoms with Gasteiger partial charge in [-0.2, -0.15) is 52.7 Å². The van der Waals surface area contributed by atoms with Gasteiger partial charge in [-0.15, -0.1) is 0 Å². The molecule has 0 N–H and O–H groups in total. The van der Waals surface area contributed by atoms with Crippen molar-refractivity contribution in [2.45, 2.75) is 154 Å². The number of rotatable bonds is 5. The Balaban J connectivity index is 0.000000639. The summed E-state index contributed by atoms with van der Waals surface area (Å²) in [5.41, 5.74) is 10.1.